The Balaban J connectivity index is 1.87. The molecule has 0 aliphatic carbocycles. The number of nitrogens with one attached hydrogen (secondary N) is 1. The van der Waals surface area contributed by atoms with Crippen LogP contribution in [0.3, 0.4) is 0 Å². The van der Waals surface area contributed by atoms with E-state index in [1.807, 2.05) is 24.3 Å². The molecule has 0 saturated heterocycles. The second-order valence-corrected chi connectivity index (χ2v) is 5.28. The topological polar surface area (TPSA) is 30.5 Å². The Bertz CT molecular complexity index is 688. The van der Waals surface area contributed by atoms with Crippen molar-refractivity contribution in [2.24, 2.45) is 0 Å². The van der Waals surface area contributed by atoms with Gasteiger partial charge in [-0.25, -0.2) is 0 Å². The van der Waals surface area contributed by atoms with Crippen LogP contribution in [0.15, 0.2) is 48.5 Å². The lowest BCUT2D eigenvalue weighted by molar-refractivity contribution is -0.137. The summed E-state index contributed by atoms with van der Waals surface area (Å²) >= 11 is 0. The molecule has 1 heterocycles. The van der Waals surface area contributed by atoms with Gasteiger partial charge in [0, 0.05) is 24.8 Å². The first-order valence-corrected chi connectivity index (χ1v) is 7.18. The summed E-state index contributed by atoms with van der Waals surface area (Å²) in [5, 5.41) is 3.17. The first kappa shape index (κ1) is 15.8. The highest BCUT2D eigenvalue weighted by atomic mass is 19.4. The van der Waals surface area contributed by atoms with E-state index >= 15 is 0 Å². The van der Waals surface area contributed by atoms with Gasteiger partial charge in [0.05, 0.1) is 5.56 Å². The minimum atomic E-state index is -4.39. The number of hydrogen-bond acceptors (Lipinski definition) is 3. The Morgan fingerprint density at radius 1 is 1.04 bits per heavy atom. The molecule has 0 bridgehead atoms. The molecule has 6 heteroatoms. The smallest absolute Gasteiger partial charge is 0.416 e. The van der Waals surface area contributed by atoms with Gasteiger partial charge in [-0.3, -0.25) is 5.32 Å². The lowest BCUT2D eigenvalue weighted by Crippen LogP contribution is -2.36. The van der Waals surface area contributed by atoms with Crippen LogP contribution in [0.4, 0.5) is 13.2 Å². The molecule has 0 radical (unpaired) electrons. The molecule has 2 aromatic rings. The quantitative estimate of drug-likeness (QED) is 0.923. The van der Waals surface area contributed by atoms with Crippen molar-refractivity contribution in [1.29, 1.82) is 0 Å². The first-order valence-electron chi connectivity index (χ1n) is 7.18. The molecule has 1 aliphatic rings. The van der Waals surface area contributed by atoms with Crippen LogP contribution in [0, 0.1) is 0 Å². The first-order chi connectivity index (χ1) is 11.0. The number of fused-ring (bicyclic) bond motifs is 1. The van der Waals surface area contributed by atoms with Crippen molar-refractivity contribution in [3.8, 4) is 5.75 Å². The van der Waals surface area contributed by atoms with Crippen molar-refractivity contribution in [1.82, 2.24) is 5.32 Å². The molecule has 2 aromatic carbocycles. The Morgan fingerprint density at radius 2 is 1.78 bits per heavy atom. The Kier molecular flexibility index (Phi) is 4.28. The van der Waals surface area contributed by atoms with Crippen LogP contribution in [0.5, 0.6) is 5.75 Å². The zero-order valence-corrected chi connectivity index (χ0v) is 12.4. The Labute approximate surface area is 132 Å². The molecular weight excluding hydrogens is 307 g/mol. The number of rotatable bonds is 3. The van der Waals surface area contributed by atoms with Gasteiger partial charge in [0.2, 0.25) is 0 Å². The summed E-state index contributed by atoms with van der Waals surface area (Å²) in [4.78, 5) is 0. The standard InChI is InChI=1S/C17H16F3NO2/c1-22-16-14-8-3-2-7-13(14)15(10-21-16)23-12-6-4-5-11(9-12)17(18,19)20/h2-9,15-16,21H,10H2,1H3. The summed E-state index contributed by atoms with van der Waals surface area (Å²) in [6.45, 7) is 0.450. The van der Waals surface area contributed by atoms with Crippen LogP contribution in [0.25, 0.3) is 0 Å². The van der Waals surface area contributed by atoms with E-state index in [-0.39, 0.29) is 18.1 Å². The number of benzene rings is 2. The van der Waals surface area contributed by atoms with Crippen molar-refractivity contribution >= 4 is 0 Å². The number of methoxy groups -OCH3 is 1. The molecule has 0 fully saturated rings. The lowest BCUT2D eigenvalue weighted by Gasteiger charge is -2.32. The van der Waals surface area contributed by atoms with E-state index in [1.54, 1.807) is 7.11 Å². The van der Waals surface area contributed by atoms with Crippen LogP contribution in [0.1, 0.15) is 29.0 Å². The third kappa shape index (κ3) is 3.33. The van der Waals surface area contributed by atoms with Gasteiger partial charge in [0.25, 0.3) is 0 Å². The summed E-state index contributed by atoms with van der Waals surface area (Å²) in [7, 11) is 1.60. The van der Waals surface area contributed by atoms with Crippen molar-refractivity contribution in [3.63, 3.8) is 0 Å². The molecule has 2 atom stereocenters. The van der Waals surface area contributed by atoms with Gasteiger partial charge in [0.15, 0.2) is 0 Å². The number of ether oxygens (including phenoxy) is 2. The summed E-state index contributed by atoms with van der Waals surface area (Å²) in [5.41, 5.74) is 1.12. The third-order valence-corrected chi connectivity index (χ3v) is 3.79. The molecule has 1 aliphatic heterocycles. The van der Waals surface area contributed by atoms with Gasteiger partial charge < -0.3 is 9.47 Å². The summed E-state index contributed by atoms with van der Waals surface area (Å²) in [5.74, 6) is 0.192. The highest BCUT2D eigenvalue weighted by Crippen LogP contribution is 2.35. The maximum Gasteiger partial charge on any atom is 0.416 e. The van der Waals surface area contributed by atoms with Crippen molar-refractivity contribution in [2.45, 2.75) is 18.5 Å². The average molecular weight is 323 g/mol. The van der Waals surface area contributed by atoms with Gasteiger partial charge in [-0.05, 0) is 18.2 Å². The highest BCUT2D eigenvalue weighted by Gasteiger charge is 2.32. The van der Waals surface area contributed by atoms with Gasteiger partial charge in [-0.2, -0.15) is 13.2 Å². The molecule has 3 rings (SSSR count). The molecule has 0 saturated carbocycles. The van der Waals surface area contributed by atoms with E-state index in [4.69, 9.17) is 9.47 Å². The second kappa shape index (κ2) is 6.22. The van der Waals surface area contributed by atoms with E-state index in [9.17, 15) is 13.2 Å². The Hall–Kier alpha value is -2.05. The zero-order chi connectivity index (χ0) is 16.4. The summed E-state index contributed by atoms with van der Waals surface area (Å²) in [6, 6.07) is 12.5. The summed E-state index contributed by atoms with van der Waals surface area (Å²) in [6.07, 6.45) is -5.00. The fraction of sp³-hybridized carbons (Fsp3) is 0.294. The summed E-state index contributed by atoms with van der Waals surface area (Å²) < 4.78 is 49.6. The fourth-order valence-corrected chi connectivity index (χ4v) is 2.70. The van der Waals surface area contributed by atoms with Crippen molar-refractivity contribution in [2.75, 3.05) is 13.7 Å². The van der Waals surface area contributed by atoms with Gasteiger partial charge >= 0.3 is 6.18 Å². The minimum absolute atomic E-state index is 0.192. The fourth-order valence-electron chi connectivity index (χ4n) is 2.70. The monoisotopic (exact) mass is 323 g/mol. The minimum Gasteiger partial charge on any atom is -0.484 e. The van der Waals surface area contributed by atoms with Crippen LogP contribution < -0.4 is 10.1 Å². The maximum atomic E-state index is 12.8. The van der Waals surface area contributed by atoms with E-state index in [0.717, 1.165) is 23.3 Å². The predicted octanol–water partition coefficient (Wildman–Crippen LogP) is 4.07. The van der Waals surface area contributed by atoms with E-state index < -0.39 is 11.7 Å². The normalized spacial score (nSPS) is 20.9. The molecule has 0 spiro atoms. The van der Waals surface area contributed by atoms with E-state index in [2.05, 4.69) is 5.32 Å². The average Bonchev–Trinajstić information content (AvgIpc) is 2.55. The van der Waals surface area contributed by atoms with Crippen molar-refractivity contribution < 1.29 is 22.6 Å². The maximum absolute atomic E-state index is 12.8. The van der Waals surface area contributed by atoms with Crippen LogP contribution >= 0.6 is 0 Å². The molecule has 1 N–H and O–H groups in total. The predicted molar refractivity (Wildman–Crippen MR) is 79.0 cm³/mol. The Morgan fingerprint density at radius 3 is 2.48 bits per heavy atom. The molecule has 3 nitrogen and oxygen atoms in total. The lowest BCUT2D eigenvalue weighted by atomic mass is 9.97. The number of alkyl halides is 3. The largest absolute Gasteiger partial charge is 0.484 e. The van der Waals surface area contributed by atoms with Crippen LogP contribution in [0.2, 0.25) is 0 Å². The van der Waals surface area contributed by atoms with Gasteiger partial charge in [-0.1, -0.05) is 30.3 Å². The molecule has 2 unspecified atom stereocenters. The highest BCUT2D eigenvalue weighted by molar-refractivity contribution is 5.36. The van der Waals surface area contributed by atoms with Gasteiger partial charge in [-0.15, -0.1) is 0 Å². The van der Waals surface area contributed by atoms with Crippen LogP contribution in [-0.4, -0.2) is 13.7 Å². The van der Waals surface area contributed by atoms with Crippen molar-refractivity contribution in [3.05, 3.63) is 65.2 Å². The number of halogens is 3. The molecule has 0 aromatic heterocycles. The molecule has 0 amide bonds. The molecular formula is C17H16F3NO2. The second-order valence-electron chi connectivity index (χ2n) is 5.28. The van der Waals surface area contributed by atoms with Crippen LogP contribution in [-0.2, 0) is 10.9 Å². The number of hydrogen-bond donors (Lipinski definition) is 1. The van der Waals surface area contributed by atoms with E-state index in [0.29, 0.717) is 6.54 Å². The zero-order valence-electron chi connectivity index (χ0n) is 12.4. The third-order valence-electron chi connectivity index (χ3n) is 3.79. The SMILES string of the molecule is COC1NCC(Oc2cccc(C(F)(F)F)c2)c2ccccc21. The molecule has 122 valence electrons. The molecule has 23 heavy (non-hydrogen) atoms. The van der Waals surface area contributed by atoms with Gasteiger partial charge in [0.1, 0.15) is 18.1 Å². The van der Waals surface area contributed by atoms with E-state index in [1.165, 1.54) is 12.1 Å².